The average Bonchev–Trinajstić information content (AvgIpc) is 2.62. The van der Waals surface area contributed by atoms with Gasteiger partial charge in [-0.05, 0) is 28.8 Å². The molecule has 1 heterocycles. The highest BCUT2D eigenvalue weighted by molar-refractivity contribution is 5.94. The number of hydrogen-bond donors (Lipinski definition) is 2. The molecule has 1 saturated heterocycles. The predicted molar refractivity (Wildman–Crippen MR) is 86.6 cm³/mol. The zero-order valence-corrected chi connectivity index (χ0v) is 12.5. The summed E-state index contributed by atoms with van der Waals surface area (Å²) in [6.07, 6.45) is 0. The van der Waals surface area contributed by atoms with Gasteiger partial charge in [0.05, 0.1) is 6.61 Å². The summed E-state index contributed by atoms with van der Waals surface area (Å²) in [5.74, 6) is 0.0866. The Kier molecular flexibility index (Phi) is 4.51. The molecule has 0 bridgehead atoms. The first-order valence-electron chi connectivity index (χ1n) is 7.59. The van der Waals surface area contributed by atoms with Gasteiger partial charge in [-0.2, -0.15) is 0 Å². The van der Waals surface area contributed by atoms with Crippen molar-refractivity contribution in [3.63, 3.8) is 0 Å². The molecule has 114 valence electrons. The molecule has 0 saturated carbocycles. The van der Waals surface area contributed by atoms with E-state index in [4.69, 9.17) is 0 Å². The maximum atomic E-state index is 12.4. The van der Waals surface area contributed by atoms with Crippen molar-refractivity contribution in [2.75, 3.05) is 26.2 Å². The molecule has 4 nitrogen and oxygen atoms in total. The SMILES string of the molecule is O=C(c1ccc(-c2ccccc2CO)cc1)N1CCNCC1. The van der Waals surface area contributed by atoms with E-state index < -0.39 is 0 Å². The van der Waals surface area contributed by atoms with Crippen molar-refractivity contribution in [1.29, 1.82) is 0 Å². The van der Waals surface area contributed by atoms with Crippen molar-refractivity contribution < 1.29 is 9.90 Å². The molecule has 1 fully saturated rings. The summed E-state index contributed by atoms with van der Waals surface area (Å²) in [7, 11) is 0. The van der Waals surface area contributed by atoms with Crippen molar-refractivity contribution in [2.45, 2.75) is 6.61 Å². The molecule has 0 aromatic heterocycles. The number of rotatable bonds is 3. The van der Waals surface area contributed by atoms with Crippen LogP contribution in [0.3, 0.4) is 0 Å². The average molecular weight is 296 g/mol. The second kappa shape index (κ2) is 6.73. The summed E-state index contributed by atoms with van der Waals surface area (Å²) in [6.45, 7) is 3.24. The van der Waals surface area contributed by atoms with E-state index >= 15 is 0 Å². The van der Waals surface area contributed by atoms with Crippen LogP contribution in [0.4, 0.5) is 0 Å². The van der Waals surface area contributed by atoms with E-state index in [1.165, 1.54) is 0 Å². The highest BCUT2D eigenvalue weighted by atomic mass is 16.3. The van der Waals surface area contributed by atoms with Crippen LogP contribution in [0, 0.1) is 0 Å². The standard InChI is InChI=1S/C18H20N2O2/c21-13-16-3-1-2-4-17(16)14-5-7-15(8-6-14)18(22)20-11-9-19-10-12-20/h1-8,19,21H,9-13H2. The minimum absolute atomic E-state index is 0.0115. The number of nitrogens with zero attached hydrogens (tertiary/aromatic N) is 1. The second-order valence-electron chi connectivity index (χ2n) is 5.43. The van der Waals surface area contributed by atoms with Gasteiger partial charge in [-0.1, -0.05) is 36.4 Å². The number of nitrogens with one attached hydrogen (secondary N) is 1. The molecule has 0 atom stereocenters. The van der Waals surface area contributed by atoms with Crippen LogP contribution >= 0.6 is 0 Å². The number of aliphatic hydroxyl groups excluding tert-OH is 1. The number of hydrogen-bond acceptors (Lipinski definition) is 3. The zero-order valence-electron chi connectivity index (χ0n) is 12.5. The van der Waals surface area contributed by atoms with E-state index in [2.05, 4.69) is 5.32 Å². The largest absolute Gasteiger partial charge is 0.392 e. The molecule has 3 rings (SSSR count). The number of amides is 1. The van der Waals surface area contributed by atoms with E-state index in [1.54, 1.807) is 0 Å². The summed E-state index contributed by atoms with van der Waals surface area (Å²) < 4.78 is 0. The van der Waals surface area contributed by atoms with E-state index in [0.717, 1.165) is 42.9 Å². The van der Waals surface area contributed by atoms with Crippen LogP contribution in [0.15, 0.2) is 48.5 Å². The van der Waals surface area contributed by atoms with E-state index in [-0.39, 0.29) is 12.5 Å². The van der Waals surface area contributed by atoms with Gasteiger partial charge in [0.2, 0.25) is 0 Å². The van der Waals surface area contributed by atoms with Crippen LogP contribution in [-0.4, -0.2) is 42.1 Å². The molecule has 0 radical (unpaired) electrons. The minimum Gasteiger partial charge on any atom is -0.392 e. The Hall–Kier alpha value is -2.17. The van der Waals surface area contributed by atoms with Gasteiger partial charge >= 0.3 is 0 Å². The van der Waals surface area contributed by atoms with Crippen LogP contribution in [-0.2, 0) is 6.61 Å². The predicted octanol–water partition coefficient (Wildman–Crippen LogP) is 1.89. The second-order valence-corrected chi connectivity index (χ2v) is 5.43. The van der Waals surface area contributed by atoms with Crippen LogP contribution in [0.25, 0.3) is 11.1 Å². The molecule has 1 amide bonds. The lowest BCUT2D eigenvalue weighted by Gasteiger charge is -2.27. The van der Waals surface area contributed by atoms with E-state index in [9.17, 15) is 9.90 Å². The third-order valence-electron chi connectivity index (χ3n) is 4.03. The topological polar surface area (TPSA) is 52.6 Å². The smallest absolute Gasteiger partial charge is 0.253 e. The van der Waals surface area contributed by atoms with Crippen molar-refractivity contribution >= 4 is 5.91 Å². The summed E-state index contributed by atoms with van der Waals surface area (Å²) in [5.41, 5.74) is 3.63. The van der Waals surface area contributed by atoms with Gasteiger partial charge in [-0.15, -0.1) is 0 Å². The normalized spacial score (nSPS) is 14.9. The van der Waals surface area contributed by atoms with E-state index in [1.807, 2.05) is 53.4 Å². The number of aliphatic hydroxyl groups is 1. The Morgan fingerprint density at radius 3 is 2.41 bits per heavy atom. The lowest BCUT2D eigenvalue weighted by molar-refractivity contribution is 0.0736. The molecule has 0 unspecified atom stereocenters. The molecule has 2 aromatic rings. The summed E-state index contributed by atoms with van der Waals surface area (Å²) in [4.78, 5) is 14.3. The maximum absolute atomic E-state index is 12.4. The molecule has 2 N–H and O–H groups in total. The zero-order chi connectivity index (χ0) is 15.4. The third-order valence-corrected chi connectivity index (χ3v) is 4.03. The van der Waals surface area contributed by atoms with Gasteiger partial charge in [0.15, 0.2) is 0 Å². The van der Waals surface area contributed by atoms with Gasteiger partial charge in [0, 0.05) is 31.7 Å². The number of benzene rings is 2. The third kappa shape index (κ3) is 3.03. The lowest BCUT2D eigenvalue weighted by atomic mass is 9.99. The van der Waals surface area contributed by atoms with Crippen LogP contribution in [0.1, 0.15) is 15.9 Å². The summed E-state index contributed by atoms with van der Waals surface area (Å²) in [6, 6.07) is 15.4. The monoisotopic (exact) mass is 296 g/mol. The molecule has 1 aliphatic rings. The minimum atomic E-state index is 0.0115. The fourth-order valence-corrected chi connectivity index (χ4v) is 2.78. The van der Waals surface area contributed by atoms with Gasteiger partial charge < -0.3 is 15.3 Å². The van der Waals surface area contributed by atoms with Crippen LogP contribution in [0.2, 0.25) is 0 Å². The van der Waals surface area contributed by atoms with Crippen molar-refractivity contribution in [1.82, 2.24) is 10.2 Å². The van der Waals surface area contributed by atoms with Gasteiger partial charge in [0.25, 0.3) is 5.91 Å². The van der Waals surface area contributed by atoms with Gasteiger partial charge in [-0.3, -0.25) is 4.79 Å². The van der Waals surface area contributed by atoms with Crippen molar-refractivity contribution in [3.05, 3.63) is 59.7 Å². The Morgan fingerprint density at radius 1 is 1.05 bits per heavy atom. The van der Waals surface area contributed by atoms with Crippen LogP contribution in [0.5, 0.6) is 0 Å². The van der Waals surface area contributed by atoms with Crippen LogP contribution < -0.4 is 5.32 Å². The number of carbonyl (C=O) groups is 1. The molecule has 0 aliphatic carbocycles. The fourth-order valence-electron chi connectivity index (χ4n) is 2.78. The maximum Gasteiger partial charge on any atom is 0.253 e. The number of piperazine rings is 1. The molecule has 1 aliphatic heterocycles. The van der Waals surface area contributed by atoms with E-state index in [0.29, 0.717) is 5.56 Å². The lowest BCUT2D eigenvalue weighted by Crippen LogP contribution is -2.46. The van der Waals surface area contributed by atoms with Gasteiger partial charge in [-0.25, -0.2) is 0 Å². The molecule has 2 aromatic carbocycles. The quantitative estimate of drug-likeness (QED) is 0.909. The Balaban J connectivity index is 1.82. The Bertz CT molecular complexity index is 646. The van der Waals surface area contributed by atoms with Crippen molar-refractivity contribution in [2.24, 2.45) is 0 Å². The molecular formula is C18H20N2O2. The Labute approximate surface area is 130 Å². The summed E-state index contributed by atoms with van der Waals surface area (Å²) in [5, 5.41) is 12.7. The molecule has 22 heavy (non-hydrogen) atoms. The molecular weight excluding hydrogens is 276 g/mol. The summed E-state index contributed by atoms with van der Waals surface area (Å²) >= 11 is 0. The van der Waals surface area contributed by atoms with Crippen molar-refractivity contribution in [3.8, 4) is 11.1 Å². The highest BCUT2D eigenvalue weighted by Gasteiger charge is 2.17. The Morgan fingerprint density at radius 2 is 1.73 bits per heavy atom. The first-order valence-corrected chi connectivity index (χ1v) is 7.59. The number of carbonyl (C=O) groups excluding carboxylic acids is 1. The highest BCUT2D eigenvalue weighted by Crippen LogP contribution is 2.24. The molecule has 4 heteroatoms. The van der Waals surface area contributed by atoms with Gasteiger partial charge in [0.1, 0.15) is 0 Å². The molecule has 0 spiro atoms. The fraction of sp³-hybridized carbons (Fsp3) is 0.278. The first kappa shape index (κ1) is 14.8. The first-order chi connectivity index (χ1) is 10.8.